The van der Waals surface area contributed by atoms with Crippen molar-refractivity contribution in [2.24, 2.45) is 0 Å². The maximum absolute atomic E-state index is 12.0. The lowest BCUT2D eigenvalue weighted by Gasteiger charge is -2.20. The maximum Gasteiger partial charge on any atom is 0.335 e. The molecular weight excluding hydrogens is 336 g/mol. The Morgan fingerprint density at radius 2 is 1.95 bits per heavy atom. The molecule has 0 saturated heterocycles. The fourth-order valence-corrected chi connectivity index (χ4v) is 3.24. The van der Waals surface area contributed by atoms with E-state index in [2.05, 4.69) is 20.7 Å². The first-order valence-corrected chi connectivity index (χ1v) is 7.85. The second kappa shape index (κ2) is 6.36. The van der Waals surface area contributed by atoms with Crippen LogP contribution in [0, 0.1) is 0 Å². The number of carbonyl (C=O) groups is 1. The Kier molecular flexibility index (Phi) is 5.33. The first-order valence-electron chi connectivity index (χ1n) is 5.62. The standard InChI is InChI=1S/C11H15BrN2O4S/c1-3-14(4-2)19(17,18)13-10-7-8(11(15)16)5-6-9(10)12/h5-7,13H,3-4H2,1-2H3,(H,15,16). The summed E-state index contributed by atoms with van der Waals surface area (Å²) >= 11 is 3.19. The number of nitrogens with one attached hydrogen (secondary N) is 1. The normalized spacial score (nSPS) is 11.6. The monoisotopic (exact) mass is 350 g/mol. The Morgan fingerprint density at radius 3 is 2.42 bits per heavy atom. The van der Waals surface area contributed by atoms with Gasteiger partial charge in [0.2, 0.25) is 0 Å². The molecule has 0 aliphatic carbocycles. The number of carboxylic acid groups (broad SMARTS) is 1. The van der Waals surface area contributed by atoms with E-state index in [-0.39, 0.29) is 11.3 Å². The number of rotatable bonds is 6. The van der Waals surface area contributed by atoms with Crippen LogP contribution in [0.2, 0.25) is 0 Å². The zero-order valence-electron chi connectivity index (χ0n) is 10.6. The van der Waals surface area contributed by atoms with Gasteiger partial charge < -0.3 is 5.11 Å². The number of aromatic carboxylic acids is 1. The van der Waals surface area contributed by atoms with Crippen molar-refractivity contribution >= 4 is 37.8 Å². The van der Waals surface area contributed by atoms with E-state index in [1.165, 1.54) is 22.5 Å². The molecule has 106 valence electrons. The third-order valence-electron chi connectivity index (χ3n) is 2.50. The zero-order chi connectivity index (χ0) is 14.6. The minimum absolute atomic E-state index is 0.0143. The summed E-state index contributed by atoms with van der Waals surface area (Å²) in [5, 5.41) is 8.90. The van der Waals surface area contributed by atoms with E-state index in [0.717, 1.165) is 0 Å². The van der Waals surface area contributed by atoms with Gasteiger partial charge in [-0.15, -0.1) is 0 Å². The highest BCUT2D eigenvalue weighted by Crippen LogP contribution is 2.25. The van der Waals surface area contributed by atoms with E-state index < -0.39 is 16.2 Å². The Balaban J connectivity index is 3.11. The number of nitrogens with zero attached hydrogens (tertiary/aromatic N) is 1. The van der Waals surface area contributed by atoms with Crippen molar-refractivity contribution in [1.29, 1.82) is 0 Å². The van der Waals surface area contributed by atoms with Gasteiger partial charge in [0.15, 0.2) is 0 Å². The third kappa shape index (κ3) is 3.92. The molecule has 2 N–H and O–H groups in total. The fourth-order valence-electron chi connectivity index (χ4n) is 1.50. The molecule has 1 rings (SSSR count). The molecule has 1 aromatic rings. The second-order valence-corrected chi connectivity index (χ2v) is 6.22. The van der Waals surface area contributed by atoms with E-state index in [9.17, 15) is 13.2 Å². The highest BCUT2D eigenvalue weighted by Gasteiger charge is 2.20. The van der Waals surface area contributed by atoms with Crippen LogP contribution in [0.15, 0.2) is 22.7 Å². The summed E-state index contributed by atoms with van der Waals surface area (Å²) in [4.78, 5) is 10.9. The lowest BCUT2D eigenvalue weighted by molar-refractivity contribution is 0.0697. The van der Waals surface area contributed by atoms with Crippen LogP contribution in [0.4, 0.5) is 5.69 Å². The predicted molar refractivity (Wildman–Crippen MR) is 76.6 cm³/mol. The van der Waals surface area contributed by atoms with Gasteiger partial charge >= 0.3 is 16.2 Å². The van der Waals surface area contributed by atoms with Gasteiger partial charge in [0.05, 0.1) is 11.3 Å². The van der Waals surface area contributed by atoms with Gasteiger partial charge in [0.25, 0.3) is 0 Å². The molecular formula is C11H15BrN2O4S. The van der Waals surface area contributed by atoms with Crippen molar-refractivity contribution in [3.63, 3.8) is 0 Å². The molecule has 1 aromatic carbocycles. The Morgan fingerprint density at radius 1 is 1.37 bits per heavy atom. The first-order chi connectivity index (χ1) is 8.81. The van der Waals surface area contributed by atoms with Crippen LogP contribution in [0.25, 0.3) is 0 Å². The summed E-state index contributed by atoms with van der Waals surface area (Å²) in [7, 11) is -3.68. The van der Waals surface area contributed by atoms with Crippen molar-refractivity contribution in [1.82, 2.24) is 4.31 Å². The number of hydrogen-bond acceptors (Lipinski definition) is 3. The van der Waals surface area contributed by atoms with Gasteiger partial charge in [-0.2, -0.15) is 12.7 Å². The number of hydrogen-bond donors (Lipinski definition) is 2. The molecule has 0 amide bonds. The topological polar surface area (TPSA) is 86.7 Å². The van der Waals surface area contributed by atoms with E-state index in [1.807, 2.05) is 0 Å². The summed E-state index contributed by atoms with van der Waals surface area (Å²) in [5.41, 5.74) is 0.215. The smallest absolute Gasteiger partial charge is 0.335 e. The molecule has 6 nitrogen and oxygen atoms in total. The van der Waals surface area contributed by atoms with Crippen molar-refractivity contribution in [3.05, 3.63) is 28.2 Å². The van der Waals surface area contributed by atoms with Crippen molar-refractivity contribution in [2.75, 3.05) is 17.8 Å². The van der Waals surface area contributed by atoms with Gasteiger partial charge in [-0.1, -0.05) is 13.8 Å². The van der Waals surface area contributed by atoms with Gasteiger partial charge in [-0.25, -0.2) is 4.79 Å². The van der Waals surface area contributed by atoms with Crippen LogP contribution in [0.3, 0.4) is 0 Å². The van der Waals surface area contributed by atoms with Crippen LogP contribution in [0.1, 0.15) is 24.2 Å². The molecule has 0 fully saturated rings. The third-order valence-corrected chi connectivity index (χ3v) is 4.86. The van der Waals surface area contributed by atoms with E-state index in [1.54, 1.807) is 13.8 Å². The molecule has 0 unspecified atom stereocenters. The van der Waals surface area contributed by atoms with Gasteiger partial charge in [0, 0.05) is 17.6 Å². The number of carboxylic acids is 1. The van der Waals surface area contributed by atoms with Crippen LogP contribution < -0.4 is 4.72 Å². The molecule has 0 aliphatic rings. The number of halogens is 1. The summed E-state index contributed by atoms with van der Waals surface area (Å²) in [6.07, 6.45) is 0. The van der Waals surface area contributed by atoms with E-state index >= 15 is 0 Å². The predicted octanol–water partition coefficient (Wildman–Crippen LogP) is 2.15. The molecule has 0 heterocycles. The van der Waals surface area contributed by atoms with Gasteiger partial charge in [-0.3, -0.25) is 4.72 Å². The summed E-state index contributed by atoms with van der Waals surface area (Å²) in [6.45, 7) is 4.13. The van der Waals surface area contributed by atoms with Gasteiger partial charge in [-0.05, 0) is 34.1 Å². The SMILES string of the molecule is CCN(CC)S(=O)(=O)Nc1cc(C(=O)O)ccc1Br. The quantitative estimate of drug-likeness (QED) is 0.822. The van der Waals surface area contributed by atoms with Gasteiger partial charge in [0.1, 0.15) is 0 Å². The lowest BCUT2D eigenvalue weighted by atomic mass is 10.2. The largest absolute Gasteiger partial charge is 0.478 e. The first kappa shape index (κ1) is 15.9. The second-order valence-electron chi connectivity index (χ2n) is 3.69. The van der Waals surface area contributed by atoms with E-state index in [0.29, 0.717) is 17.6 Å². The highest BCUT2D eigenvalue weighted by molar-refractivity contribution is 9.10. The lowest BCUT2D eigenvalue weighted by Crippen LogP contribution is -2.35. The summed E-state index contributed by atoms with van der Waals surface area (Å²) in [6, 6.07) is 4.15. The number of anilines is 1. The van der Waals surface area contributed by atoms with Crippen molar-refractivity contribution < 1.29 is 18.3 Å². The Labute approximate surface area is 120 Å². The maximum atomic E-state index is 12.0. The Hall–Kier alpha value is -1.12. The van der Waals surface area contributed by atoms with Crippen LogP contribution in [0.5, 0.6) is 0 Å². The molecule has 0 bridgehead atoms. The summed E-state index contributed by atoms with van der Waals surface area (Å²) in [5.74, 6) is -1.12. The molecule has 8 heteroatoms. The van der Waals surface area contributed by atoms with Crippen molar-refractivity contribution in [3.8, 4) is 0 Å². The van der Waals surface area contributed by atoms with E-state index in [4.69, 9.17) is 5.11 Å². The minimum Gasteiger partial charge on any atom is -0.478 e. The zero-order valence-corrected chi connectivity index (χ0v) is 13.0. The fraction of sp³-hybridized carbons (Fsp3) is 0.364. The molecule has 0 aromatic heterocycles. The molecule has 0 aliphatic heterocycles. The summed E-state index contributed by atoms with van der Waals surface area (Å²) < 4.78 is 28.2. The molecule has 19 heavy (non-hydrogen) atoms. The molecule has 0 spiro atoms. The van der Waals surface area contributed by atoms with Crippen LogP contribution in [-0.2, 0) is 10.2 Å². The highest BCUT2D eigenvalue weighted by atomic mass is 79.9. The molecule has 0 radical (unpaired) electrons. The number of benzene rings is 1. The van der Waals surface area contributed by atoms with Crippen LogP contribution in [-0.4, -0.2) is 36.9 Å². The van der Waals surface area contributed by atoms with Crippen LogP contribution >= 0.6 is 15.9 Å². The Bertz CT molecular complexity index is 570. The average molecular weight is 351 g/mol. The minimum atomic E-state index is -3.68. The molecule has 0 atom stereocenters. The molecule has 0 saturated carbocycles. The average Bonchev–Trinajstić information content (AvgIpc) is 2.32. The van der Waals surface area contributed by atoms with Crippen molar-refractivity contribution in [2.45, 2.75) is 13.8 Å².